The number of imidazole rings is 1. The first kappa shape index (κ1) is 31.0. The summed E-state index contributed by atoms with van der Waals surface area (Å²) in [5.41, 5.74) is 7.37. The number of carboxylic acid groups (broad SMARTS) is 2. The van der Waals surface area contributed by atoms with Gasteiger partial charge in [-0.1, -0.05) is 44.2 Å². The molecule has 0 fully saturated rings. The number of amides is 3. The lowest BCUT2D eigenvalue weighted by molar-refractivity contribution is -0.143. The normalized spacial score (nSPS) is 14.1. The molecule has 1 aromatic carbocycles. The second-order valence-electron chi connectivity index (χ2n) is 9.66. The van der Waals surface area contributed by atoms with Crippen LogP contribution in [0.1, 0.15) is 44.4 Å². The minimum absolute atomic E-state index is 0.0464. The van der Waals surface area contributed by atoms with Crippen molar-refractivity contribution in [3.05, 3.63) is 54.1 Å². The number of rotatable bonds is 16. The lowest BCUT2D eigenvalue weighted by Gasteiger charge is -2.25. The minimum Gasteiger partial charge on any atom is -0.481 e. The first-order chi connectivity index (χ1) is 18.5. The number of benzene rings is 1. The SMILES string of the molecule is CC(C)CC(NC(=O)C(CCC(=O)O)NC(=O)C(Cc1ccccc1)NC(=O)C(N)Cc1cnc[nH]1)C(=O)O. The molecule has 13 nitrogen and oxygen atoms in total. The van der Waals surface area contributed by atoms with E-state index < -0.39 is 60.2 Å². The van der Waals surface area contributed by atoms with E-state index in [2.05, 4.69) is 25.9 Å². The molecule has 212 valence electrons. The van der Waals surface area contributed by atoms with E-state index in [4.69, 9.17) is 10.8 Å². The van der Waals surface area contributed by atoms with Crippen molar-refractivity contribution < 1.29 is 34.2 Å². The van der Waals surface area contributed by atoms with Crippen LogP contribution in [-0.4, -0.2) is 74.0 Å². The van der Waals surface area contributed by atoms with Gasteiger partial charge in [0.05, 0.1) is 12.4 Å². The highest BCUT2D eigenvalue weighted by atomic mass is 16.4. The van der Waals surface area contributed by atoms with E-state index in [-0.39, 0.29) is 31.6 Å². The fourth-order valence-corrected chi connectivity index (χ4v) is 3.84. The molecule has 13 heteroatoms. The number of hydrogen-bond acceptors (Lipinski definition) is 7. The second-order valence-corrected chi connectivity index (χ2v) is 9.66. The Morgan fingerprint density at radius 1 is 0.897 bits per heavy atom. The molecule has 0 aliphatic rings. The monoisotopic (exact) mass is 544 g/mol. The van der Waals surface area contributed by atoms with E-state index in [1.807, 2.05) is 0 Å². The predicted molar refractivity (Wildman–Crippen MR) is 140 cm³/mol. The van der Waals surface area contributed by atoms with E-state index in [9.17, 15) is 29.1 Å². The summed E-state index contributed by atoms with van der Waals surface area (Å²) in [6.07, 6.45) is 2.58. The number of carbonyl (C=O) groups is 5. The summed E-state index contributed by atoms with van der Waals surface area (Å²) in [6, 6.07) is 4.11. The van der Waals surface area contributed by atoms with E-state index in [0.717, 1.165) is 5.56 Å². The Hall–Kier alpha value is -4.26. The highest BCUT2D eigenvalue weighted by Gasteiger charge is 2.31. The van der Waals surface area contributed by atoms with Gasteiger partial charge in [-0.2, -0.15) is 0 Å². The lowest BCUT2D eigenvalue weighted by atomic mass is 10.0. The van der Waals surface area contributed by atoms with Crippen molar-refractivity contribution in [2.24, 2.45) is 11.7 Å². The number of carboxylic acids is 2. The van der Waals surface area contributed by atoms with Crippen LogP contribution in [0.25, 0.3) is 0 Å². The molecule has 0 bridgehead atoms. The standard InChI is InChI=1S/C26H36N6O7/c1-15(2)10-21(26(38)39)32-24(36)19(8-9-22(33)34)30-25(37)20(11-16-6-4-3-5-7-16)31-23(35)18(27)12-17-13-28-14-29-17/h3-7,13-15,18-21H,8-12,27H2,1-2H3,(H,28,29)(H,30,37)(H,31,35)(H,32,36)(H,33,34)(H,38,39). The van der Waals surface area contributed by atoms with Crippen molar-refractivity contribution in [1.82, 2.24) is 25.9 Å². The Bertz CT molecular complexity index is 1110. The highest BCUT2D eigenvalue weighted by Crippen LogP contribution is 2.09. The first-order valence-electron chi connectivity index (χ1n) is 12.6. The van der Waals surface area contributed by atoms with Gasteiger partial charge in [-0.15, -0.1) is 0 Å². The maximum Gasteiger partial charge on any atom is 0.326 e. The molecule has 4 unspecified atom stereocenters. The number of carbonyl (C=O) groups excluding carboxylic acids is 3. The molecule has 1 aromatic heterocycles. The summed E-state index contributed by atoms with van der Waals surface area (Å²) in [4.78, 5) is 68.8. The number of aromatic amines is 1. The van der Waals surface area contributed by atoms with Crippen LogP contribution in [0, 0.1) is 5.92 Å². The van der Waals surface area contributed by atoms with Crippen LogP contribution in [0.5, 0.6) is 0 Å². The van der Waals surface area contributed by atoms with Gasteiger partial charge in [0.25, 0.3) is 0 Å². The molecule has 0 spiro atoms. The van der Waals surface area contributed by atoms with Gasteiger partial charge in [0.1, 0.15) is 18.1 Å². The van der Waals surface area contributed by atoms with Gasteiger partial charge < -0.3 is 36.9 Å². The molecular formula is C26H36N6O7. The summed E-state index contributed by atoms with van der Waals surface area (Å²) >= 11 is 0. The Kier molecular flexibility index (Phi) is 12.1. The fourth-order valence-electron chi connectivity index (χ4n) is 3.84. The van der Waals surface area contributed by atoms with Gasteiger partial charge in [-0.25, -0.2) is 9.78 Å². The van der Waals surface area contributed by atoms with Crippen molar-refractivity contribution >= 4 is 29.7 Å². The molecule has 2 aromatic rings. The Labute approximate surface area is 226 Å². The highest BCUT2D eigenvalue weighted by molar-refractivity contribution is 5.94. The van der Waals surface area contributed by atoms with Gasteiger partial charge in [0.2, 0.25) is 17.7 Å². The van der Waals surface area contributed by atoms with Crippen LogP contribution < -0.4 is 21.7 Å². The molecular weight excluding hydrogens is 508 g/mol. The van der Waals surface area contributed by atoms with Crippen molar-refractivity contribution in [2.75, 3.05) is 0 Å². The molecule has 0 aliphatic heterocycles. The maximum absolute atomic E-state index is 13.4. The largest absolute Gasteiger partial charge is 0.481 e. The van der Waals surface area contributed by atoms with Crippen LogP contribution in [0.3, 0.4) is 0 Å². The zero-order chi connectivity index (χ0) is 28.9. The number of nitrogens with zero attached hydrogens (tertiary/aromatic N) is 1. The quantitative estimate of drug-likeness (QED) is 0.151. The lowest BCUT2D eigenvalue weighted by Crippen LogP contribution is -2.58. The van der Waals surface area contributed by atoms with E-state index in [1.165, 1.54) is 12.5 Å². The number of aliphatic carboxylic acids is 2. The maximum atomic E-state index is 13.4. The first-order valence-corrected chi connectivity index (χ1v) is 12.6. The molecule has 39 heavy (non-hydrogen) atoms. The number of H-pyrrole nitrogens is 1. The van der Waals surface area contributed by atoms with E-state index >= 15 is 0 Å². The summed E-state index contributed by atoms with van der Waals surface area (Å²) < 4.78 is 0. The van der Waals surface area contributed by atoms with E-state index in [1.54, 1.807) is 44.2 Å². The van der Waals surface area contributed by atoms with Crippen LogP contribution in [0.4, 0.5) is 0 Å². The van der Waals surface area contributed by atoms with Gasteiger partial charge >= 0.3 is 11.9 Å². The second kappa shape index (κ2) is 15.2. The third kappa shape index (κ3) is 10.9. The predicted octanol–water partition coefficient (Wildman–Crippen LogP) is -0.0279. The van der Waals surface area contributed by atoms with E-state index in [0.29, 0.717) is 5.69 Å². The Balaban J connectivity index is 2.21. The zero-order valence-electron chi connectivity index (χ0n) is 21.9. The Morgan fingerprint density at radius 3 is 2.08 bits per heavy atom. The zero-order valence-corrected chi connectivity index (χ0v) is 21.9. The molecule has 0 radical (unpaired) electrons. The van der Waals surface area contributed by atoms with Crippen LogP contribution in [0.15, 0.2) is 42.9 Å². The third-order valence-electron chi connectivity index (χ3n) is 5.85. The van der Waals surface area contributed by atoms with Crippen molar-refractivity contribution in [3.8, 4) is 0 Å². The third-order valence-corrected chi connectivity index (χ3v) is 5.85. The van der Waals surface area contributed by atoms with Gasteiger partial charge in [0, 0.05) is 31.2 Å². The number of nitrogens with two attached hydrogens (primary N) is 1. The van der Waals surface area contributed by atoms with Crippen molar-refractivity contribution in [3.63, 3.8) is 0 Å². The van der Waals surface area contributed by atoms with Gasteiger partial charge in [-0.05, 0) is 24.3 Å². The minimum atomic E-state index is -1.35. The number of nitrogens with one attached hydrogen (secondary N) is 4. The average Bonchev–Trinajstić information content (AvgIpc) is 3.38. The van der Waals surface area contributed by atoms with Crippen LogP contribution >= 0.6 is 0 Å². The van der Waals surface area contributed by atoms with Gasteiger partial charge in [0.15, 0.2) is 0 Å². The molecule has 0 saturated heterocycles. The fraction of sp³-hybridized carbons (Fsp3) is 0.462. The molecule has 0 aliphatic carbocycles. The summed E-state index contributed by atoms with van der Waals surface area (Å²) in [6.45, 7) is 3.58. The number of hydrogen-bond donors (Lipinski definition) is 7. The van der Waals surface area contributed by atoms with Gasteiger partial charge in [-0.3, -0.25) is 19.2 Å². The van der Waals surface area contributed by atoms with Crippen molar-refractivity contribution in [1.29, 1.82) is 0 Å². The molecule has 4 atom stereocenters. The molecule has 2 rings (SSSR count). The Morgan fingerprint density at radius 2 is 1.51 bits per heavy atom. The molecule has 1 heterocycles. The van der Waals surface area contributed by atoms with Crippen molar-refractivity contribution in [2.45, 2.75) is 70.1 Å². The summed E-state index contributed by atoms with van der Waals surface area (Å²) in [7, 11) is 0. The molecule has 0 saturated carbocycles. The summed E-state index contributed by atoms with van der Waals surface area (Å²) in [5, 5.41) is 26.1. The number of aromatic nitrogens is 2. The smallest absolute Gasteiger partial charge is 0.326 e. The van der Waals surface area contributed by atoms with Crippen LogP contribution in [0.2, 0.25) is 0 Å². The topological polar surface area (TPSA) is 217 Å². The molecule has 8 N–H and O–H groups in total. The molecule has 3 amide bonds. The summed E-state index contributed by atoms with van der Waals surface area (Å²) in [5.74, 6) is -4.69. The average molecular weight is 545 g/mol. The van der Waals surface area contributed by atoms with Crippen LogP contribution in [-0.2, 0) is 36.8 Å².